The maximum absolute atomic E-state index is 12.1. The maximum atomic E-state index is 12.1. The number of nitrogens with one attached hydrogen (secondary N) is 3. The Morgan fingerprint density at radius 3 is 2.35 bits per heavy atom. The summed E-state index contributed by atoms with van der Waals surface area (Å²) in [6.45, 7) is 4.22. The molecule has 2 rings (SSSR count). The van der Waals surface area contributed by atoms with E-state index in [1.54, 1.807) is 31.1 Å². The van der Waals surface area contributed by atoms with E-state index in [9.17, 15) is 14.7 Å². The molecule has 0 aliphatic rings. The standard InChI is InChI=1S/C23H31N5O3/c1-4-24-23(27-15-14-25-21(30)18-8-10-20(29)11-9-18)26-13-12-17-6-5-7-19(16-17)22(31)28(2)3/h5-11,16,29H,4,12-15H2,1-3H3,(H,25,30)(H2,24,26,27). The fourth-order valence-corrected chi connectivity index (χ4v) is 2.83. The van der Waals surface area contributed by atoms with Crippen LogP contribution in [0.1, 0.15) is 33.2 Å². The van der Waals surface area contributed by atoms with E-state index >= 15 is 0 Å². The second-order valence-electron chi connectivity index (χ2n) is 7.14. The first-order chi connectivity index (χ1) is 14.9. The number of guanidine groups is 1. The van der Waals surface area contributed by atoms with Gasteiger partial charge in [-0.05, 0) is 55.3 Å². The molecule has 8 nitrogen and oxygen atoms in total. The summed E-state index contributed by atoms with van der Waals surface area (Å²) < 4.78 is 0. The summed E-state index contributed by atoms with van der Waals surface area (Å²) in [4.78, 5) is 30.3. The predicted octanol–water partition coefficient (Wildman–Crippen LogP) is 1.62. The minimum absolute atomic E-state index is 0.0188. The van der Waals surface area contributed by atoms with Gasteiger partial charge in [-0.3, -0.25) is 14.6 Å². The van der Waals surface area contributed by atoms with Gasteiger partial charge in [-0.1, -0.05) is 12.1 Å². The van der Waals surface area contributed by atoms with E-state index in [4.69, 9.17) is 0 Å². The van der Waals surface area contributed by atoms with Gasteiger partial charge < -0.3 is 26.0 Å². The summed E-state index contributed by atoms with van der Waals surface area (Å²) in [5.74, 6) is 0.577. The van der Waals surface area contributed by atoms with Crippen molar-refractivity contribution in [3.63, 3.8) is 0 Å². The van der Waals surface area contributed by atoms with Crippen molar-refractivity contribution in [2.75, 3.05) is 40.3 Å². The topological polar surface area (TPSA) is 106 Å². The number of hydrogen-bond donors (Lipinski definition) is 4. The fourth-order valence-electron chi connectivity index (χ4n) is 2.83. The molecule has 0 saturated heterocycles. The molecule has 0 aromatic heterocycles. The van der Waals surface area contributed by atoms with Crippen molar-refractivity contribution in [2.24, 2.45) is 4.99 Å². The second kappa shape index (κ2) is 12.2. The van der Waals surface area contributed by atoms with Crippen LogP contribution in [-0.2, 0) is 6.42 Å². The maximum Gasteiger partial charge on any atom is 0.253 e. The Balaban J connectivity index is 1.81. The average molecular weight is 426 g/mol. The zero-order valence-corrected chi connectivity index (χ0v) is 18.3. The van der Waals surface area contributed by atoms with E-state index < -0.39 is 0 Å². The third-order valence-corrected chi connectivity index (χ3v) is 4.43. The van der Waals surface area contributed by atoms with Gasteiger partial charge in [-0.15, -0.1) is 0 Å². The summed E-state index contributed by atoms with van der Waals surface area (Å²) in [6.07, 6.45) is 0.711. The Morgan fingerprint density at radius 1 is 0.968 bits per heavy atom. The van der Waals surface area contributed by atoms with Gasteiger partial charge in [0.2, 0.25) is 0 Å². The van der Waals surface area contributed by atoms with Crippen LogP contribution in [-0.4, -0.2) is 68.1 Å². The first kappa shape index (κ1) is 23.7. The van der Waals surface area contributed by atoms with Crippen LogP contribution in [0.5, 0.6) is 5.75 Å². The highest BCUT2D eigenvalue weighted by atomic mass is 16.3. The molecule has 0 atom stereocenters. The van der Waals surface area contributed by atoms with Crippen LogP contribution in [0.2, 0.25) is 0 Å². The van der Waals surface area contributed by atoms with Crippen LogP contribution < -0.4 is 16.0 Å². The molecule has 0 saturated carbocycles. The first-order valence-corrected chi connectivity index (χ1v) is 10.3. The molecule has 0 spiro atoms. The highest BCUT2D eigenvalue weighted by molar-refractivity contribution is 5.94. The lowest BCUT2D eigenvalue weighted by molar-refractivity contribution is 0.0827. The third-order valence-electron chi connectivity index (χ3n) is 4.43. The van der Waals surface area contributed by atoms with Crippen LogP contribution >= 0.6 is 0 Å². The van der Waals surface area contributed by atoms with Crippen LogP contribution in [0, 0.1) is 0 Å². The van der Waals surface area contributed by atoms with Crippen molar-refractivity contribution in [1.29, 1.82) is 0 Å². The molecule has 31 heavy (non-hydrogen) atoms. The highest BCUT2D eigenvalue weighted by Crippen LogP contribution is 2.09. The Bertz CT molecular complexity index is 894. The number of aromatic hydroxyl groups is 1. The van der Waals surface area contributed by atoms with Crippen LogP contribution in [0.15, 0.2) is 53.5 Å². The number of phenols is 1. The van der Waals surface area contributed by atoms with E-state index in [1.165, 1.54) is 12.1 Å². The largest absolute Gasteiger partial charge is 0.508 e. The molecule has 4 N–H and O–H groups in total. The average Bonchev–Trinajstić information content (AvgIpc) is 2.76. The van der Waals surface area contributed by atoms with Crippen molar-refractivity contribution in [2.45, 2.75) is 13.3 Å². The van der Waals surface area contributed by atoms with Gasteiger partial charge in [0.1, 0.15) is 5.75 Å². The molecule has 0 unspecified atom stereocenters. The molecule has 0 aliphatic heterocycles. The third kappa shape index (κ3) is 8.00. The van der Waals surface area contributed by atoms with Gasteiger partial charge in [-0.25, -0.2) is 0 Å². The number of phenolic OH excluding ortho intramolecular Hbond substituents is 1. The lowest BCUT2D eigenvalue weighted by atomic mass is 10.1. The molecule has 0 bridgehead atoms. The molecular weight excluding hydrogens is 394 g/mol. The number of rotatable bonds is 9. The molecular formula is C23H31N5O3. The predicted molar refractivity (Wildman–Crippen MR) is 123 cm³/mol. The lowest BCUT2D eigenvalue weighted by Gasteiger charge is -2.12. The van der Waals surface area contributed by atoms with E-state index in [-0.39, 0.29) is 17.6 Å². The zero-order valence-electron chi connectivity index (χ0n) is 18.3. The minimum atomic E-state index is -0.198. The molecule has 0 heterocycles. The fraction of sp³-hybridized carbons (Fsp3) is 0.348. The normalized spacial score (nSPS) is 11.0. The van der Waals surface area contributed by atoms with Crippen molar-refractivity contribution < 1.29 is 14.7 Å². The Hall–Kier alpha value is -3.55. The van der Waals surface area contributed by atoms with E-state index in [0.29, 0.717) is 43.1 Å². The molecule has 2 aromatic carbocycles. The summed E-state index contributed by atoms with van der Waals surface area (Å²) in [7, 11) is 3.47. The molecule has 8 heteroatoms. The SMILES string of the molecule is CCNC(=NCCc1cccc(C(=O)N(C)C)c1)NCCNC(=O)c1ccc(O)cc1. The van der Waals surface area contributed by atoms with E-state index in [1.807, 2.05) is 31.2 Å². The Morgan fingerprint density at radius 2 is 1.68 bits per heavy atom. The molecule has 0 radical (unpaired) electrons. The molecule has 2 aromatic rings. The summed E-state index contributed by atoms with van der Waals surface area (Å²) in [6, 6.07) is 13.7. The van der Waals surface area contributed by atoms with Crippen molar-refractivity contribution in [3.8, 4) is 5.75 Å². The second-order valence-corrected chi connectivity index (χ2v) is 7.14. The van der Waals surface area contributed by atoms with Gasteiger partial charge >= 0.3 is 0 Å². The smallest absolute Gasteiger partial charge is 0.253 e. The van der Waals surface area contributed by atoms with Crippen molar-refractivity contribution >= 4 is 17.8 Å². The quantitative estimate of drug-likeness (QED) is 0.278. The number of carbonyl (C=O) groups excluding carboxylic acids is 2. The number of aliphatic imine (C=N–C) groups is 1. The van der Waals surface area contributed by atoms with Crippen LogP contribution in [0.4, 0.5) is 0 Å². The number of benzene rings is 2. The van der Waals surface area contributed by atoms with Gasteiger partial charge in [0.15, 0.2) is 5.96 Å². The minimum Gasteiger partial charge on any atom is -0.508 e. The van der Waals surface area contributed by atoms with Crippen LogP contribution in [0.3, 0.4) is 0 Å². The number of carbonyl (C=O) groups is 2. The van der Waals surface area contributed by atoms with E-state index in [2.05, 4.69) is 20.9 Å². The van der Waals surface area contributed by atoms with Gasteiger partial charge in [0, 0.05) is 51.4 Å². The first-order valence-electron chi connectivity index (χ1n) is 10.3. The number of hydrogen-bond acceptors (Lipinski definition) is 4. The summed E-state index contributed by atoms with van der Waals surface area (Å²) in [5.41, 5.74) is 2.21. The molecule has 166 valence electrons. The summed E-state index contributed by atoms with van der Waals surface area (Å²) >= 11 is 0. The molecule has 0 aliphatic carbocycles. The number of nitrogens with zero attached hydrogens (tertiary/aromatic N) is 2. The highest BCUT2D eigenvalue weighted by Gasteiger charge is 2.08. The number of amides is 2. The monoisotopic (exact) mass is 425 g/mol. The van der Waals surface area contributed by atoms with E-state index in [0.717, 1.165) is 12.1 Å². The van der Waals surface area contributed by atoms with Crippen molar-refractivity contribution in [1.82, 2.24) is 20.9 Å². The van der Waals surface area contributed by atoms with Crippen LogP contribution in [0.25, 0.3) is 0 Å². The molecule has 0 fully saturated rings. The van der Waals surface area contributed by atoms with Gasteiger partial charge in [-0.2, -0.15) is 0 Å². The van der Waals surface area contributed by atoms with Gasteiger partial charge in [0.25, 0.3) is 11.8 Å². The van der Waals surface area contributed by atoms with Crippen molar-refractivity contribution in [3.05, 3.63) is 65.2 Å². The summed E-state index contributed by atoms with van der Waals surface area (Å²) in [5, 5.41) is 18.5. The Labute approximate surface area is 183 Å². The lowest BCUT2D eigenvalue weighted by Crippen LogP contribution is -2.41. The Kier molecular flexibility index (Phi) is 9.35. The zero-order chi connectivity index (χ0) is 22.6. The van der Waals surface area contributed by atoms with Gasteiger partial charge in [0.05, 0.1) is 0 Å². The molecule has 2 amide bonds.